The Morgan fingerprint density at radius 1 is 1.09 bits per heavy atom. The summed E-state index contributed by atoms with van der Waals surface area (Å²) < 4.78 is 21.2. The van der Waals surface area contributed by atoms with Crippen molar-refractivity contribution in [2.45, 2.75) is 32.9 Å². The molecule has 188 valence electrons. The molecule has 0 aliphatic carbocycles. The number of hydrogen-bond donors (Lipinski definition) is 1. The van der Waals surface area contributed by atoms with Gasteiger partial charge in [-0.2, -0.15) is 0 Å². The van der Waals surface area contributed by atoms with Gasteiger partial charge in [0.25, 0.3) is 11.8 Å². The van der Waals surface area contributed by atoms with Crippen molar-refractivity contribution in [2.24, 2.45) is 0 Å². The lowest BCUT2D eigenvalue weighted by Gasteiger charge is -2.21. The number of methoxy groups -OCH3 is 2. The molecule has 0 bridgehead atoms. The van der Waals surface area contributed by atoms with Crippen molar-refractivity contribution < 1.29 is 33.3 Å². The number of nitrogens with zero attached hydrogens (tertiary/aromatic N) is 1. The number of fused-ring (bicyclic) bond motifs is 1. The van der Waals surface area contributed by atoms with Gasteiger partial charge in [-0.3, -0.25) is 14.4 Å². The van der Waals surface area contributed by atoms with Gasteiger partial charge in [0.2, 0.25) is 0 Å². The van der Waals surface area contributed by atoms with E-state index in [9.17, 15) is 14.4 Å². The lowest BCUT2D eigenvalue weighted by Crippen LogP contribution is -2.33. The van der Waals surface area contributed by atoms with E-state index in [1.807, 2.05) is 13.0 Å². The van der Waals surface area contributed by atoms with E-state index in [1.54, 1.807) is 49.3 Å². The first kappa shape index (κ1) is 26.0. The minimum absolute atomic E-state index is 0.0837. The second-order valence-electron chi connectivity index (χ2n) is 7.94. The van der Waals surface area contributed by atoms with Crippen molar-refractivity contribution >= 4 is 17.8 Å². The zero-order chi connectivity index (χ0) is 25.4. The van der Waals surface area contributed by atoms with Crippen LogP contribution in [0.5, 0.6) is 11.5 Å². The van der Waals surface area contributed by atoms with Gasteiger partial charge in [0.05, 0.1) is 50.5 Å². The minimum atomic E-state index is -0.705. The number of nitrogens with one attached hydrogen (secondary N) is 1. The second kappa shape index (κ2) is 12.2. The zero-order valence-corrected chi connectivity index (χ0v) is 20.6. The van der Waals surface area contributed by atoms with Gasteiger partial charge in [-0.15, -0.1) is 0 Å². The molecule has 0 radical (unpaired) electrons. The number of carbonyl (C=O) groups excluding carboxylic acids is 3. The maximum Gasteiger partial charge on any atom is 0.308 e. The largest absolute Gasteiger partial charge is 0.493 e. The number of hydrogen-bond acceptors (Lipinski definition) is 7. The predicted octanol–water partition coefficient (Wildman–Crippen LogP) is 3.12. The quantitative estimate of drug-likeness (QED) is 0.462. The van der Waals surface area contributed by atoms with Crippen molar-refractivity contribution in [3.63, 3.8) is 0 Å². The Hall–Kier alpha value is -3.59. The Morgan fingerprint density at radius 2 is 1.89 bits per heavy atom. The van der Waals surface area contributed by atoms with E-state index < -0.39 is 17.9 Å². The molecule has 2 amide bonds. The number of benzene rings is 2. The smallest absolute Gasteiger partial charge is 0.308 e. The molecule has 1 N–H and O–H groups in total. The highest BCUT2D eigenvalue weighted by atomic mass is 16.5. The van der Waals surface area contributed by atoms with Crippen molar-refractivity contribution in [1.29, 1.82) is 0 Å². The molecule has 0 spiro atoms. The lowest BCUT2D eigenvalue weighted by atomic mass is 9.99. The Bertz CT molecular complexity index is 1070. The third-order valence-corrected chi connectivity index (χ3v) is 5.69. The molecule has 35 heavy (non-hydrogen) atoms. The number of rotatable bonds is 12. The molecule has 0 saturated heterocycles. The second-order valence-corrected chi connectivity index (χ2v) is 7.94. The van der Waals surface area contributed by atoms with Crippen LogP contribution in [0.2, 0.25) is 0 Å². The molecule has 9 heteroatoms. The summed E-state index contributed by atoms with van der Waals surface area (Å²) >= 11 is 0. The fourth-order valence-corrected chi connectivity index (χ4v) is 4.04. The molecule has 0 aromatic heterocycles. The SMILES string of the molecule is CCOC(=O)C[C@@H](NC(=O)c1cccc2c1C(=O)N(CCOC)C2)c1ccc(OCC)c(OC)c1. The van der Waals surface area contributed by atoms with Crippen molar-refractivity contribution in [3.05, 3.63) is 58.7 Å². The molecule has 1 atom stereocenters. The molecule has 0 saturated carbocycles. The van der Waals surface area contributed by atoms with Gasteiger partial charge in [-0.1, -0.05) is 18.2 Å². The number of carbonyl (C=O) groups is 3. The van der Waals surface area contributed by atoms with Gasteiger partial charge in [0, 0.05) is 20.2 Å². The van der Waals surface area contributed by atoms with Crippen molar-refractivity contribution in [2.75, 3.05) is 40.6 Å². The summed E-state index contributed by atoms with van der Waals surface area (Å²) in [6.45, 7) is 5.54. The Balaban J connectivity index is 1.90. The van der Waals surface area contributed by atoms with E-state index >= 15 is 0 Å². The monoisotopic (exact) mass is 484 g/mol. The number of amides is 2. The van der Waals surface area contributed by atoms with Crippen LogP contribution < -0.4 is 14.8 Å². The van der Waals surface area contributed by atoms with Crippen molar-refractivity contribution in [1.82, 2.24) is 10.2 Å². The Kier molecular flexibility index (Phi) is 9.08. The van der Waals surface area contributed by atoms with E-state index in [-0.39, 0.29) is 24.5 Å². The highest BCUT2D eigenvalue weighted by Gasteiger charge is 2.32. The summed E-state index contributed by atoms with van der Waals surface area (Å²) in [5.74, 6) is -0.0798. The maximum atomic E-state index is 13.4. The highest BCUT2D eigenvalue weighted by Crippen LogP contribution is 2.32. The van der Waals surface area contributed by atoms with Crippen LogP contribution in [0.1, 0.15) is 58.2 Å². The van der Waals surface area contributed by atoms with Gasteiger partial charge in [-0.05, 0) is 43.2 Å². The average molecular weight is 485 g/mol. The van der Waals surface area contributed by atoms with Crippen LogP contribution in [-0.4, -0.2) is 63.3 Å². The van der Waals surface area contributed by atoms with E-state index in [4.69, 9.17) is 18.9 Å². The molecule has 0 unspecified atom stereocenters. The topological polar surface area (TPSA) is 103 Å². The lowest BCUT2D eigenvalue weighted by molar-refractivity contribution is -0.143. The summed E-state index contributed by atoms with van der Waals surface area (Å²) in [7, 11) is 3.10. The average Bonchev–Trinajstić information content (AvgIpc) is 3.18. The summed E-state index contributed by atoms with van der Waals surface area (Å²) in [5, 5.41) is 2.92. The molecular formula is C26H32N2O7. The molecule has 2 aromatic carbocycles. The van der Waals surface area contributed by atoms with Crippen LogP contribution in [0, 0.1) is 0 Å². The fourth-order valence-electron chi connectivity index (χ4n) is 4.04. The molecule has 1 aliphatic rings. The summed E-state index contributed by atoms with van der Waals surface area (Å²) in [6, 6.07) is 9.73. The van der Waals surface area contributed by atoms with Crippen LogP contribution in [-0.2, 0) is 20.8 Å². The zero-order valence-electron chi connectivity index (χ0n) is 20.6. The molecule has 0 fully saturated rings. The number of esters is 1. The standard InChI is InChI=1S/C26H32N2O7/c1-5-34-21-11-10-17(14-22(21)33-4)20(15-23(29)35-6-2)27-25(30)19-9-7-8-18-16-28(12-13-32-3)26(31)24(18)19/h7-11,14,20H,5-6,12-13,15-16H2,1-4H3,(H,27,30)/t20-/m1/s1. The molecule has 2 aromatic rings. The first-order chi connectivity index (χ1) is 16.9. The molecule has 1 aliphatic heterocycles. The molecule has 1 heterocycles. The van der Waals surface area contributed by atoms with Gasteiger partial charge in [0.15, 0.2) is 11.5 Å². The first-order valence-corrected chi connectivity index (χ1v) is 11.6. The molecule has 3 rings (SSSR count). The van der Waals surface area contributed by atoms with Gasteiger partial charge in [-0.25, -0.2) is 0 Å². The van der Waals surface area contributed by atoms with Crippen LogP contribution >= 0.6 is 0 Å². The van der Waals surface area contributed by atoms with Crippen LogP contribution in [0.3, 0.4) is 0 Å². The number of ether oxygens (including phenoxy) is 4. The predicted molar refractivity (Wildman–Crippen MR) is 129 cm³/mol. The van der Waals surface area contributed by atoms with Gasteiger partial charge < -0.3 is 29.2 Å². The third-order valence-electron chi connectivity index (χ3n) is 5.69. The Labute approximate surface area is 205 Å². The van der Waals surface area contributed by atoms with Crippen molar-refractivity contribution in [3.8, 4) is 11.5 Å². The normalized spacial score (nSPS) is 13.3. The van der Waals surface area contributed by atoms with Crippen LogP contribution in [0.4, 0.5) is 0 Å². The van der Waals surface area contributed by atoms with Crippen LogP contribution in [0.15, 0.2) is 36.4 Å². The first-order valence-electron chi connectivity index (χ1n) is 11.6. The molecule has 9 nitrogen and oxygen atoms in total. The van der Waals surface area contributed by atoms with E-state index in [2.05, 4.69) is 5.32 Å². The fraction of sp³-hybridized carbons (Fsp3) is 0.423. The van der Waals surface area contributed by atoms with Gasteiger partial charge >= 0.3 is 5.97 Å². The maximum absolute atomic E-state index is 13.4. The van der Waals surface area contributed by atoms with E-state index in [0.29, 0.717) is 48.9 Å². The van der Waals surface area contributed by atoms with E-state index in [0.717, 1.165) is 5.56 Å². The van der Waals surface area contributed by atoms with Crippen LogP contribution in [0.25, 0.3) is 0 Å². The third kappa shape index (κ3) is 6.10. The van der Waals surface area contributed by atoms with E-state index in [1.165, 1.54) is 7.11 Å². The summed E-state index contributed by atoms with van der Waals surface area (Å²) in [5.41, 5.74) is 2.07. The molecular weight excluding hydrogens is 452 g/mol. The highest BCUT2D eigenvalue weighted by molar-refractivity contribution is 6.09. The summed E-state index contributed by atoms with van der Waals surface area (Å²) in [6.07, 6.45) is -0.0837. The summed E-state index contributed by atoms with van der Waals surface area (Å²) in [4.78, 5) is 40.4. The van der Waals surface area contributed by atoms with Gasteiger partial charge in [0.1, 0.15) is 0 Å². The minimum Gasteiger partial charge on any atom is -0.493 e. The Morgan fingerprint density at radius 3 is 2.57 bits per heavy atom.